The Balaban J connectivity index is 2.23. The second-order valence-corrected chi connectivity index (χ2v) is 7.47. The first-order valence-corrected chi connectivity index (χ1v) is 9.10. The van der Waals surface area contributed by atoms with Crippen molar-refractivity contribution in [2.24, 2.45) is 4.99 Å². The van der Waals surface area contributed by atoms with Crippen molar-refractivity contribution < 1.29 is 14.7 Å². The van der Waals surface area contributed by atoms with E-state index in [0.29, 0.717) is 10.4 Å². The maximum Gasteiger partial charge on any atom is 0.326 e. The Morgan fingerprint density at radius 3 is 2.31 bits per heavy atom. The van der Waals surface area contributed by atoms with Gasteiger partial charge < -0.3 is 9.67 Å². The van der Waals surface area contributed by atoms with Crippen LogP contribution in [0.3, 0.4) is 0 Å². The van der Waals surface area contributed by atoms with Gasteiger partial charge in [-0.3, -0.25) is 4.79 Å². The molecule has 1 amide bonds. The van der Waals surface area contributed by atoms with Crippen molar-refractivity contribution in [3.63, 3.8) is 0 Å². The molecule has 26 heavy (non-hydrogen) atoms. The van der Waals surface area contributed by atoms with E-state index in [4.69, 9.17) is 0 Å². The third-order valence-corrected chi connectivity index (χ3v) is 5.50. The Labute approximate surface area is 155 Å². The van der Waals surface area contributed by atoms with Crippen LogP contribution in [0.1, 0.15) is 40.0 Å². The van der Waals surface area contributed by atoms with Gasteiger partial charge in [-0.25, -0.2) is 4.79 Å². The van der Waals surface area contributed by atoms with Crippen LogP contribution in [0.2, 0.25) is 0 Å². The largest absolute Gasteiger partial charge is 0.480 e. The van der Waals surface area contributed by atoms with E-state index in [1.165, 1.54) is 11.3 Å². The van der Waals surface area contributed by atoms with Gasteiger partial charge in [-0.05, 0) is 63.1 Å². The van der Waals surface area contributed by atoms with Gasteiger partial charge in [-0.1, -0.05) is 29.0 Å². The topological polar surface area (TPSA) is 71.7 Å². The smallest absolute Gasteiger partial charge is 0.326 e. The zero-order valence-electron chi connectivity index (χ0n) is 15.1. The fourth-order valence-electron chi connectivity index (χ4n) is 2.70. The van der Waals surface area contributed by atoms with Gasteiger partial charge in [0.1, 0.15) is 6.04 Å². The highest BCUT2D eigenvalue weighted by Gasteiger charge is 2.19. The van der Waals surface area contributed by atoms with E-state index in [1.807, 2.05) is 45.0 Å². The molecule has 3 aromatic rings. The average Bonchev–Trinajstić information content (AvgIpc) is 2.91. The van der Waals surface area contributed by atoms with Crippen LogP contribution < -0.4 is 4.80 Å². The number of carbonyl (C=O) groups excluding carboxylic acids is 1. The van der Waals surface area contributed by atoms with E-state index in [1.54, 1.807) is 23.6 Å². The van der Waals surface area contributed by atoms with Crippen LogP contribution in [0.15, 0.2) is 41.4 Å². The Morgan fingerprint density at radius 2 is 1.69 bits per heavy atom. The third kappa shape index (κ3) is 3.32. The van der Waals surface area contributed by atoms with Crippen LogP contribution in [0.4, 0.5) is 0 Å². The van der Waals surface area contributed by atoms with E-state index >= 15 is 0 Å². The maximum atomic E-state index is 12.6. The molecule has 1 heterocycles. The zero-order chi connectivity index (χ0) is 19.0. The molecule has 1 unspecified atom stereocenters. The first-order valence-electron chi connectivity index (χ1n) is 8.28. The van der Waals surface area contributed by atoms with Crippen molar-refractivity contribution in [3.05, 3.63) is 63.5 Å². The molecule has 0 bridgehead atoms. The molecule has 0 saturated heterocycles. The monoisotopic (exact) mass is 368 g/mol. The van der Waals surface area contributed by atoms with E-state index in [0.717, 1.165) is 26.9 Å². The lowest BCUT2D eigenvalue weighted by atomic mass is 10.1. The van der Waals surface area contributed by atoms with Crippen LogP contribution in [0, 0.1) is 20.8 Å². The minimum atomic E-state index is -0.966. The highest BCUT2D eigenvalue weighted by molar-refractivity contribution is 7.16. The molecule has 0 aliphatic carbocycles. The summed E-state index contributed by atoms with van der Waals surface area (Å²) in [5.41, 5.74) is 4.51. The number of hydrogen-bond acceptors (Lipinski definition) is 3. The second-order valence-electron chi connectivity index (χ2n) is 6.46. The van der Waals surface area contributed by atoms with Crippen molar-refractivity contribution in [2.45, 2.75) is 33.7 Å². The van der Waals surface area contributed by atoms with E-state index in [2.05, 4.69) is 4.99 Å². The predicted octanol–water partition coefficient (Wildman–Crippen LogP) is 4.01. The lowest BCUT2D eigenvalue weighted by Crippen LogP contribution is -2.25. The molecule has 0 spiro atoms. The molecular formula is C20H20N2O3S. The molecule has 0 saturated carbocycles. The van der Waals surface area contributed by atoms with Crippen molar-refractivity contribution >= 4 is 33.4 Å². The van der Waals surface area contributed by atoms with E-state index in [-0.39, 0.29) is 5.91 Å². The van der Waals surface area contributed by atoms with Gasteiger partial charge in [0.05, 0.1) is 10.2 Å². The van der Waals surface area contributed by atoms with E-state index < -0.39 is 12.0 Å². The van der Waals surface area contributed by atoms with E-state index in [9.17, 15) is 14.7 Å². The van der Waals surface area contributed by atoms with Crippen LogP contribution in [0.5, 0.6) is 0 Å². The molecule has 5 nitrogen and oxygen atoms in total. The highest BCUT2D eigenvalue weighted by atomic mass is 32.1. The molecule has 0 fully saturated rings. The zero-order valence-corrected chi connectivity index (χ0v) is 15.9. The number of aromatic nitrogens is 1. The molecule has 2 aromatic carbocycles. The summed E-state index contributed by atoms with van der Waals surface area (Å²) in [6, 6.07) is 10.3. The minimum Gasteiger partial charge on any atom is -0.480 e. The van der Waals surface area contributed by atoms with Crippen LogP contribution in [-0.4, -0.2) is 21.6 Å². The molecule has 3 rings (SSSR count). The molecule has 134 valence electrons. The Kier molecular flexibility index (Phi) is 4.78. The van der Waals surface area contributed by atoms with Gasteiger partial charge in [-0.15, -0.1) is 0 Å². The van der Waals surface area contributed by atoms with Crippen LogP contribution >= 0.6 is 11.3 Å². The van der Waals surface area contributed by atoms with Gasteiger partial charge in [0.2, 0.25) is 0 Å². The Hall–Kier alpha value is -2.73. The Morgan fingerprint density at radius 1 is 1.08 bits per heavy atom. The normalized spacial score (nSPS) is 13.2. The fraction of sp³-hybridized carbons (Fsp3) is 0.250. The highest BCUT2D eigenvalue weighted by Crippen LogP contribution is 2.24. The summed E-state index contributed by atoms with van der Waals surface area (Å²) in [5, 5.41) is 9.50. The number of carboxylic acid groups (broad SMARTS) is 1. The van der Waals surface area contributed by atoms with Crippen LogP contribution in [-0.2, 0) is 4.79 Å². The SMILES string of the molecule is Cc1ccc(C(=O)/N=c2\sc3cc(C)c(C)cc3n2C(C)C(=O)O)cc1. The summed E-state index contributed by atoms with van der Waals surface area (Å²) < 4.78 is 2.54. The average molecular weight is 368 g/mol. The number of benzene rings is 2. The molecule has 0 radical (unpaired) electrons. The van der Waals surface area contributed by atoms with Gasteiger partial charge in [-0.2, -0.15) is 4.99 Å². The number of aliphatic carboxylic acids is 1. The molecule has 6 heteroatoms. The summed E-state index contributed by atoms with van der Waals surface area (Å²) in [5.74, 6) is -1.34. The maximum absolute atomic E-state index is 12.6. The second kappa shape index (κ2) is 6.88. The summed E-state index contributed by atoms with van der Waals surface area (Å²) in [6.07, 6.45) is 0. The van der Waals surface area contributed by atoms with Gasteiger partial charge in [0, 0.05) is 5.56 Å². The fourth-order valence-corrected chi connectivity index (χ4v) is 3.88. The molecule has 1 N–H and O–H groups in total. The van der Waals surface area contributed by atoms with Gasteiger partial charge >= 0.3 is 5.97 Å². The van der Waals surface area contributed by atoms with Gasteiger partial charge in [0.15, 0.2) is 4.80 Å². The summed E-state index contributed by atoms with van der Waals surface area (Å²) in [4.78, 5) is 28.8. The lowest BCUT2D eigenvalue weighted by molar-refractivity contribution is -0.140. The number of carbonyl (C=O) groups is 2. The number of amides is 1. The first-order chi connectivity index (χ1) is 12.3. The molecule has 1 aromatic heterocycles. The predicted molar refractivity (Wildman–Crippen MR) is 103 cm³/mol. The number of thiazole rings is 1. The number of carboxylic acids is 1. The number of nitrogens with zero attached hydrogens (tertiary/aromatic N) is 2. The lowest BCUT2D eigenvalue weighted by Gasteiger charge is -2.11. The standard InChI is InChI=1S/C20H20N2O3S/c1-11-5-7-15(8-6-11)18(23)21-20-22(14(4)19(24)25)16-9-12(2)13(3)10-17(16)26-20/h5-10,14H,1-4H3,(H,24,25)/b21-20-. The number of aryl methyl sites for hydroxylation is 3. The molecule has 1 atom stereocenters. The quantitative estimate of drug-likeness (QED) is 0.759. The number of rotatable bonds is 3. The van der Waals surface area contributed by atoms with Crippen molar-refractivity contribution in [2.75, 3.05) is 0 Å². The van der Waals surface area contributed by atoms with Crippen LogP contribution in [0.25, 0.3) is 10.2 Å². The van der Waals surface area contributed by atoms with Crippen molar-refractivity contribution in [1.82, 2.24) is 4.57 Å². The minimum absolute atomic E-state index is 0.378. The first kappa shape index (κ1) is 18.1. The molecule has 0 aliphatic rings. The Bertz CT molecular complexity index is 1070. The van der Waals surface area contributed by atoms with Crippen molar-refractivity contribution in [3.8, 4) is 0 Å². The van der Waals surface area contributed by atoms with Gasteiger partial charge in [0.25, 0.3) is 5.91 Å². The summed E-state index contributed by atoms with van der Waals surface area (Å²) in [6.45, 7) is 7.54. The van der Waals surface area contributed by atoms with Crippen molar-refractivity contribution in [1.29, 1.82) is 0 Å². The number of hydrogen-bond donors (Lipinski definition) is 1. The number of fused-ring (bicyclic) bond motifs is 1. The summed E-state index contributed by atoms with van der Waals surface area (Å²) in [7, 11) is 0. The third-order valence-electron chi connectivity index (χ3n) is 4.48. The summed E-state index contributed by atoms with van der Waals surface area (Å²) >= 11 is 1.33. The molecule has 0 aliphatic heterocycles. The molecular weight excluding hydrogens is 348 g/mol.